The number of aryl methyl sites for hydroxylation is 1. The molecule has 1 aromatic rings. The van der Waals surface area contributed by atoms with Gasteiger partial charge in [-0.3, -0.25) is 5.32 Å². The number of rotatable bonds is 5. The minimum atomic E-state index is -0.652. The van der Waals surface area contributed by atoms with Gasteiger partial charge in [0.25, 0.3) is 0 Å². The van der Waals surface area contributed by atoms with Crippen molar-refractivity contribution in [3.8, 4) is 0 Å². The van der Waals surface area contributed by atoms with Crippen LogP contribution in [0.25, 0.3) is 0 Å². The molecule has 6 nitrogen and oxygen atoms in total. The molecule has 6 heteroatoms. The van der Waals surface area contributed by atoms with Gasteiger partial charge in [0.1, 0.15) is 0 Å². The summed E-state index contributed by atoms with van der Waals surface area (Å²) in [6.07, 6.45) is 1.28. The van der Waals surface area contributed by atoms with Crippen LogP contribution in [-0.2, 0) is 4.74 Å². The van der Waals surface area contributed by atoms with E-state index in [0.717, 1.165) is 18.4 Å². The van der Waals surface area contributed by atoms with E-state index in [1.807, 2.05) is 13.8 Å². The standard InChI is InChI=1S/C13H19N3O3/c1-3-4-7-19-13(18)16-11-8-10(15-12(14)17)6-5-9(11)2/h5-6,8H,3-4,7H2,1-2H3,(H,16,18)(H3,14,15,17). The highest BCUT2D eigenvalue weighted by atomic mass is 16.5. The fraction of sp³-hybridized carbons (Fsp3) is 0.385. The minimum absolute atomic E-state index is 0.389. The van der Waals surface area contributed by atoms with Gasteiger partial charge >= 0.3 is 12.1 Å². The summed E-state index contributed by atoms with van der Waals surface area (Å²) in [5.74, 6) is 0. The second-order valence-corrected chi connectivity index (χ2v) is 4.13. The molecule has 0 saturated carbocycles. The lowest BCUT2D eigenvalue weighted by Crippen LogP contribution is -2.20. The van der Waals surface area contributed by atoms with Crippen molar-refractivity contribution in [1.29, 1.82) is 0 Å². The van der Waals surface area contributed by atoms with Crippen LogP contribution in [0.2, 0.25) is 0 Å². The molecule has 0 radical (unpaired) electrons. The van der Waals surface area contributed by atoms with Crippen LogP contribution in [0.15, 0.2) is 18.2 Å². The van der Waals surface area contributed by atoms with E-state index in [-0.39, 0.29) is 0 Å². The fourth-order valence-corrected chi connectivity index (χ4v) is 1.43. The van der Waals surface area contributed by atoms with Crippen molar-refractivity contribution in [3.05, 3.63) is 23.8 Å². The number of hydrogen-bond acceptors (Lipinski definition) is 3. The molecular formula is C13H19N3O3. The molecule has 0 aliphatic carbocycles. The monoisotopic (exact) mass is 265 g/mol. The number of hydrogen-bond donors (Lipinski definition) is 3. The Hall–Kier alpha value is -2.24. The normalized spacial score (nSPS) is 9.79. The molecule has 0 spiro atoms. The van der Waals surface area contributed by atoms with E-state index in [4.69, 9.17) is 10.5 Å². The van der Waals surface area contributed by atoms with E-state index in [1.165, 1.54) is 0 Å². The average molecular weight is 265 g/mol. The topological polar surface area (TPSA) is 93.4 Å². The van der Waals surface area contributed by atoms with Gasteiger partial charge in [0.15, 0.2) is 0 Å². The highest BCUT2D eigenvalue weighted by molar-refractivity contribution is 5.91. The molecule has 19 heavy (non-hydrogen) atoms. The predicted molar refractivity (Wildman–Crippen MR) is 74.3 cm³/mol. The molecule has 0 aromatic heterocycles. The van der Waals surface area contributed by atoms with E-state index in [9.17, 15) is 9.59 Å². The second-order valence-electron chi connectivity index (χ2n) is 4.13. The summed E-state index contributed by atoms with van der Waals surface area (Å²) in [5.41, 5.74) is 6.99. The molecule has 0 aliphatic rings. The lowest BCUT2D eigenvalue weighted by Gasteiger charge is -2.11. The first-order valence-electron chi connectivity index (χ1n) is 6.13. The number of nitrogens with one attached hydrogen (secondary N) is 2. The molecule has 0 saturated heterocycles. The predicted octanol–water partition coefficient (Wildman–Crippen LogP) is 2.83. The van der Waals surface area contributed by atoms with E-state index in [2.05, 4.69) is 10.6 Å². The molecule has 0 atom stereocenters. The molecule has 0 bridgehead atoms. The van der Waals surface area contributed by atoms with Crippen LogP contribution in [-0.4, -0.2) is 18.7 Å². The van der Waals surface area contributed by atoms with Crippen LogP contribution in [0.4, 0.5) is 21.0 Å². The Morgan fingerprint density at radius 1 is 1.32 bits per heavy atom. The molecule has 0 aliphatic heterocycles. The van der Waals surface area contributed by atoms with E-state index in [1.54, 1.807) is 18.2 Å². The lowest BCUT2D eigenvalue weighted by atomic mass is 10.2. The first-order chi connectivity index (χ1) is 9.02. The van der Waals surface area contributed by atoms with Crippen molar-refractivity contribution in [2.24, 2.45) is 5.73 Å². The van der Waals surface area contributed by atoms with Crippen LogP contribution >= 0.6 is 0 Å². The van der Waals surface area contributed by atoms with Gasteiger partial charge in [0.05, 0.1) is 6.61 Å². The quantitative estimate of drug-likeness (QED) is 0.714. The number of urea groups is 1. The number of benzene rings is 1. The summed E-state index contributed by atoms with van der Waals surface area (Å²) < 4.78 is 5.00. The lowest BCUT2D eigenvalue weighted by molar-refractivity contribution is 0.160. The maximum absolute atomic E-state index is 11.5. The zero-order valence-corrected chi connectivity index (χ0v) is 11.2. The molecule has 1 rings (SSSR count). The minimum Gasteiger partial charge on any atom is -0.449 e. The first kappa shape index (κ1) is 14.8. The summed E-state index contributed by atoms with van der Waals surface area (Å²) in [6.45, 7) is 4.25. The van der Waals surface area contributed by atoms with Crippen LogP contribution in [0.3, 0.4) is 0 Å². The molecule has 4 N–H and O–H groups in total. The van der Waals surface area contributed by atoms with Crippen molar-refractivity contribution in [3.63, 3.8) is 0 Å². The Kier molecular flexibility index (Phi) is 5.66. The molecular weight excluding hydrogens is 246 g/mol. The molecule has 3 amide bonds. The van der Waals surface area contributed by atoms with Crippen molar-refractivity contribution in [1.82, 2.24) is 0 Å². The van der Waals surface area contributed by atoms with Gasteiger partial charge in [-0.05, 0) is 31.0 Å². The molecule has 0 heterocycles. The summed E-state index contributed by atoms with van der Waals surface area (Å²) >= 11 is 0. The van der Waals surface area contributed by atoms with Crippen LogP contribution < -0.4 is 16.4 Å². The van der Waals surface area contributed by atoms with E-state index in [0.29, 0.717) is 18.0 Å². The maximum atomic E-state index is 11.5. The van der Waals surface area contributed by atoms with Crippen molar-refractivity contribution >= 4 is 23.5 Å². The second kappa shape index (κ2) is 7.25. The zero-order valence-electron chi connectivity index (χ0n) is 11.2. The van der Waals surface area contributed by atoms with Gasteiger partial charge < -0.3 is 15.8 Å². The number of primary amides is 1. The summed E-state index contributed by atoms with van der Waals surface area (Å²) in [4.78, 5) is 22.3. The first-order valence-corrected chi connectivity index (χ1v) is 6.13. The molecule has 0 fully saturated rings. The van der Waals surface area contributed by atoms with Gasteiger partial charge in [0.2, 0.25) is 0 Å². The molecule has 104 valence electrons. The van der Waals surface area contributed by atoms with Gasteiger partial charge in [-0.15, -0.1) is 0 Å². The summed E-state index contributed by atoms with van der Waals surface area (Å²) in [7, 11) is 0. The third kappa shape index (κ3) is 5.29. The number of nitrogens with two attached hydrogens (primary N) is 1. The zero-order chi connectivity index (χ0) is 14.3. The van der Waals surface area contributed by atoms with Crippen LogP contribution in [0, 0.1) is 6.92 Å². The number of anilines is 2. The Labute approximate surface area is 112 Å². The Bertz CT molecular complexity index is 460. The third-order valence-corrected chi connectivity index (χ3v) is 2.47. The summed E-state index contributed by atoms with van der Waals surface area (Å²) in [6, 6.07) is 4.45. The van der Waals surface area contributed by atoms with Crippen LogP contribution in [0.1, 0.15) is 25.3 Å². The number of ether oxygens (including phenoxy) is 1. The van der Waals surface area contributed by atoms with Gasteiger partial charge in [-0.1, -0.05) is 19.4 Å². The highest BCUT2D eigenvalue weighted by Crippen LogP contribution is 2.20. The smallest absolute Gasteiger partial charge is 0.411 e. The molecule has 1 aromatic carbocycles. The maximum Gasteiger partial charge on any atom is 0.411 e. The number of carbonyl (C=O) groups excluding carboxylic acids is 2. The van der Waals surface area contributed by atoms with E-state index >= 15 is 0 Å². The van der Waals surface area contributed by atoms with Gasteiger partial charge in [0, 0.05) is 11.4 Å². The Morgan fingerprint density at radius 2 is 2.05 bits per heavy atom. The van der Waals surface area contributed by atoms with Crippen molar-refractivity contribution in [2.75, 3.05) is 17.2 Å². The summed E-state index contributed by atoms with van der Waals surface area (Å²) in [5, 5.41) is 5.07. The SMILES string of the molecule is CCCCOC(=O)Nc1cc(NC(N)=O)ccc1C. The van der Waals surface area contributed by atoms with E-state index < -0.39 is 12.1 Å². The fourth-order valence-electron chi connectivity index (χ4n) is 1.43. The van der Waals surface area contributed by atoms with Crippen LogP contribution in [0.5, 0.6) is 0 Å². The third-order valence-electron chi connectivity index (χ3n) is 2.47. The largest absolute Gasteiger partial charge is 0.449 e. The van der Waals surface area contributed by atoms with Gasteiger partial charge in [-0.25, -0.2) is 9.59 Å². The molecule has 0 unspecified atom stereocenters. The number of amides is 3. The number of carbonyl (C=O) groups is 2. The average Bonchev–Trinajstić information content (AvgIpc) is 2.33. The Balaban J connectivity index is 2.65. The number of unbranched alkanes of at least 4 members (excludes halogenated alkanes) is 1. The Morgan fingerprint density at radius 3 is 2.68 bits per heavy atom. The van der Waals surface area contributed by atoms with Crippen molar-refractivity contribution < 1.29 is 14.3 Å². The van der Waals surface area contributed by atoms with Gasteiger partial charge in [-0.2, -0.15) is 0 Å². The van der Waals surface area contributed by atoms with Crippen molar-refractivity contribution in [2.45, 2.75) is 26.7 Å². The highest BCUT2D eigenvalue weighted by Gasteiger charge is 2.07.